The van der Waals surface area contributed by atoms with E-state index in [1.165, 1.54) is 17.7 Å². The summed E-state index contributed by atoms with van der Waals surface area (Å²) in [5, 5.41) is 4.16. The van der Waals surface area contributed by atoms with Crippen LogP contribution in [0, 0.1) is 0 Å². The topological polar surface area (TPSA) is 12.0 Å². The highest BCUT2D eigenvalue weighted by atomic mass is 35.5. The zero-order valence-electron chi connectivity index (χ0n) is 11.8. The molecule has 0 saturated carbocycles. The molecule has 0 amide bonds. The van der Waals surface area contributed by atoms with E-state index < -0.39 is 6.43 Å². The molecule has 1 nitrogen and oxygen atoms in total. The summed E-state index contributed by atoms with van der Waals surface area (Å²) in [6.45, 7) is 2.75. The molecule has 4 heteroatoms. The van der Waals surface area contributed by atoms with E-state index in [4.69, 9.17) is 11.6 Å². The van der Waals surface area contributed by atoms with Gasteiger partial charge in [-0.3, -0.25) is 0 Å². The Balaban J connectivity index is 1.98. The van der Waals surface area contributed by atoms with Gasteiger partial charge in [-0.2, -0.15) is 0 Å². The molecule has 0 fully saturated rings. The van der Waals surface area contributed by atoms with Crippen molar-refractivity contribution < 1.29 is 8.78 Å². The molecular weight excluding hydrogens is 292 g/mol. The predicted molar refractivity (Wildman–Crippen MR) is 82.7 cm³/mol. The highest BCUT2D eigenvalue weighted by Crippen LogP contribution is 2.21. The van der Waals surface area contributed by atoms with E-state index in [9.17, 15) is 8.78 Å². The molecule has 0 spiro atoms. The van der Waals surface area contributed by atoms with Crippen molar-refractivity contribution in [2.24, 2.45) is 0 Å². The average molecular weight is 310 g/mol. The van der Waals surface area contributed by atoms with E-state index in [1.807, 2.05) is 24.3 Å². The van der Waals surface area contributed by atoms with Gasteiger partial charge in [-0.1, -0.05) is 54.9 Å². The Morgan fingerprint density at radius 2 is 1.52 bits per heavy atom. The van der Waals surface area contributed by atoms with Gasteiger partial charge in [0.25, 0.3) is 6.43 Å². The van der Waals surface area contributed by atoms with Crippen LogP contribution in [0.1, 0.15) is 42.5 Å². The Morgan fingerprint density at radius 1 is 0.952 bits per heavy atom. The van der Waals surface area contributed by atoms with Crippen LogP contribution in [0.5, 0.6) is 0 Å². The molecule has 2 aromatic rings. The van der Waals surface area contributed by atoms with Crippen molar-refractivity contribution >= 4 is 11.6 Å². The summed E-state index contributed by atoms with van der Waals surface area (Å²) in [5.74, 6) is 0. The first-order valence-electron chi connectivity index (χ1n) is 6.96. The minimum Gasteiger partial charge on any atom is -0.306 e. The van der Waals surface area contributed by atoms with Gasteiger partial charge in [0.05, 0.1) is 0 Å². The number of rotatable bonds is 6. The number of nitrogens with one attached hydrogen (secondary N) is 1. The van der Waals surface area contributed by atoms with Gasteiger partial charge in [0.15, 0.2) is 0 Å². The van der Waals surface area contributed by atoms with Gasteiger partial charge < -0.3 is 5.32 Å². The van der Waals surface area contributed by atoms with E-state index in [0.29, 0.717) is 6.54 Å². The van der Waals surface area contributed by atoms with Crippen LogP contribution in [0.3, 0.4) is 0 Å². The minimum atomic E-state index is -2.41. The van der Waals surface area contributed by atoms with Crippen LogP contribution < -0.4 is 5.32 Å². The third-order valence-corrected chi connectivity index (χ3v) is 3.72. The van der Waals surface area contributed by atoms with E-state index in [-0.39, 0.29) is 11.6 Å². The lowest BCUT2D eigenvalue weighted by Crippen LogP contribution is -2.20. The second-order valence-electron chi connectivity index (χ2n) is 4.94. The van der Waals surface area contributed by atoms with Gasteiger partial charge >= 0.3 is 0 Å². The maximum atomic E-state index is 12.5. The molecule has 0 aromatic heterocycles. The number of hydrogen-bond donors (Lipinski definition) is 1. The Bertz CT molecular complexity index is 552. The largest absolute Gasteiger partial charge is 0.306 e. The highest BCUT2D eigenvalue weighted by molar-refractivity contribution is 6.30. The van der Waals surface area contributed by atoms with Crippen LogP contribution in [0.25, 0.3) is 0 Å². The number of halogens is 3. The summed E-state index contributed by atoms with van der Waals surface area (Å²) in [6, 6.07) is 14.4. The zero-order chi connectivity index (χ0) is 15.2. The molecule has 2 aromatic carbocycles. The van der Waals surface area contributed by atoms with Crippen LogP contribution in [-0.2, 0) is 6.54 Å². The molecule has 21 heavy (non-hydrogen) atoms. The molecule has 0 aliphatic heterocycles. The van der Waals surface area contributed by atoms with Gasteiger partial charge in [-0.15, -0.1) is 0 Å². The summed E-state index contributed by atoms with van der Waals surface area (Å²) < 4.78 is 25.0. The van der Waals surface area contributed by atoms with Crippen LogP contribution in [0.15, 0.2) is 48.5 Å². The van der Waals surface area contributed by atoms with Crippen LogP contribution in [0.2, 0.25) is 5.02 Å². The lowest BCUT2D eigenvalue weighted by atomic mass is 10.0. The van der Waals surface area contributed by atoms with Crippen molar-refractivity contribution in [3.05, 3.63) is 70.2 Å². The SMILES string of the molecule is CCC(NCc1ccc(C(F)F)cc1)c1ccc(Cl)cc1. The van der Waals surface area contributed by atoms with Crippen molar-refractivity contribution in [3.8, 4) is 0 Å². The van der Waals surface area contributed by atoms with Gasteiger partial charge in [-0.05, 0) is 29.7 Å². The van der Waals surface area contributed by atoms with Gasteiger partial charge in [0, 0.05) is 23.2 Å². The molecule has 0 radical (unpaired) electrons. The van der Waals surface area contributed by atoms with Gasteiger partial charge in [-0.25, -0.2) is 8.78 Å². The second-order valence-corrected chi connectivity index (χ2v) is 5.37. The van der Waals surface area contributed by atoms with Gasteiger partial charge in [0.1, 0.15) is 0 Å². The lowest BCUT2D eigenvalue weighted by Gasteiger charge is -2.17. The molecule has 0 saturated heterocycles. The van der Waals surface area contributed by atoms with Crippen molar-refractivity contribution in [2.45, 2.75) is 32.4 Å². The molecule has 0 heterocycles. The first-order valence-corrected chi connectivity index (χ1v) is 7.33. The smallest absolute Gasteiger partial charge is 0.263 e. The number of alkyl halides is 2. The standard InChI is InChI=1S/C17H18ClF2N/c1-2-16(13-7-9-15(18)10-8-13)21-11-12-3-5-14(6-4-12)17(19)20/h3-10,16-17,21H,2,11H2,1H3. The fourth-order valence-corrected chi connectivity index (χ4v) is 2.34. The molecule has 1 unspecified atom stereocenters. The molecule has 0 aliphatic carbocycles. The normalized spacial score (nSPS) is 12.6. The van der Waals surface area contributed by atoms with Crippen molar-refractivity contribution in [1.29, 1.82) is 0 Å². The van der Waals surface area contributed by atoms with Crippen LogP contribution in [-0.4, -0.2) is 0 Å². The van der Waals surface area contributed by atoms with E-state index >= 15 is 0 Å². The summed E-state index contributed by atoms with van der Waals surface area (Å²) in [4.78, 5) is 0. The maximum absolute atomic E-state index is 12.5. The fraction of sp³-hybridized carbons (Fsp3) is 0.294. The van der Waals surface area contributed by atoms with Gasteiger partial charge in [0.2, 0.25) is 0 Å². The quantitative estimate of drug-likeness (QED) is 0.741. The molecule has 1 N–H and O–H groups in total. The minimum absolute atomic E-state index is 0.0588. The van der Waals surface area contributed by atoms with E-state index in [2.05, 4.69) is 12.2 Å². The first kappa shape index (κ1) is 15.9. The summed E-state index contributed by atoms with van der Waals surface area (Å²) in [7, 11) is 0. The molecule has 0 aliphatic rings. The lowest BCUT2D eigenvalue weighted by molar-refractivity contribution is 0.151. The molecule has 112 valence electrons. The molecular formula is C17H18ClF2N. The Hall–Kier alpha value is -1.45. The maximum Gasteiger partial charge on any atom is 0.263 e. The summed E-state index contributed by atoms with van der Waals surface area (Å²) in [5.41, 5.74) is 2.22. The van der Waals surface area contributed by atoms with E-state index in [1.54, 1.807) is 12.1 Å². The van der Waals surface area contributed by atoms with Crippen molar-refractivity contribution in [1.82, 2.24) is 5.32 Å². The predicted octanol–water partition coefficient (Wildman–Crippen LogP) is 5.52. The molecule has 2 rings (SSSR count). The van der Waals surface area contributed by atoms with E-state index in [0.717, 1.165) is 17.0 Å². The molecule has 0 bridgehead atoms. The second kappa shape index (κ2) is 7.53. The zero-order valence-corrected chi connectivity index (χ0v) is 12.6. The third-order valence-electron chi connectivity index (χ3n) is 3.46. The van der Waals surface area contributed by atoms with Crippen molar-refractivity contribution in [2.75, 3.05) is 0 Å². The summed E-state index contributed by atoms with van der Waals surface area (Å²) >= 11 is 5.89. The summed E-state index contributed by atoms with van der Waals surface area (Å²) in [6.07, 6.45) is -1.47. The molecule has 1 atom stereocenters. The van der Waals surface area contributed by atoms with Crippen molar-refractivity contribution in [3.63, 3.8) is 0 Å². The average Bonchev–Trinajstić information content (AvgIpc) is 2.50. The van der Waals surface area contributed by atoms with Crippen LogP contribution in [0.4, 0.5) is 8.78 Å². The number of hydrogen-bond acceptors (Lipinski definition) is 1. The Morgan fingerprint density at radius 3 is 2.05 bits per heavy atom. The van der Waals surface area contributed by atoms with Crippen LogP contribution >= 0.6 is 11.6 Å². The third kappa shape index (κ3) is 4.51. The monoisotopic (exact) mass is 309 g/mol. The Labute approximate surface area is 128 Å². The first-order chi connectivity index (χ1) is 10.1. The Kier molecular flexibility index (Phi) is 5.71. The highest BCUT2D eigenvalue weighted by Gasteiger charge is 2.09. The number of benzene rings is 2. The fourth-order valence-electron chi connectivity index (χ4n) is 2.21.